The van der Waals surface area contributed by atoms with Gasteiger partial charge in [0.05, 0.1) is 25.8 Å². The summed E-state index contributed by atoms with van der Waals surface area (Å²) in [5.41, 5.74) is 7.11. The van der Waals surface area contributed by atoms with E-state index >= 15 is 0 Å². The quantitative estimate of drug-likeness (QED) is 0.657. The zero-order chi connectivity index (χ0) is 13.0. The average molecular weight is 268 g/mol. The molecule has 5 heteroatoms. The second-order valence-electron chi connectivity index (χ2n) is 4.42. The maximum Gasteiger partial charge on any atom is 0.191 e. The fourth-order valence-corrected chi connectivity index (χ4v) is 2.05. The molecule has 0 amide bonds. The predicted octanol–water partition coefficient (Wildman–Crippen LogP) is 1.88. The van der Waals surface area contributed by atoms with Crippen LogP contribution in [0.5, 0.6) is 0 Å². The van der Waals surface area contributed by atoms with Gasteiger partial charge in [0, 0.05) is 11.6 Å². The minimum atomic E-state index is 0.285. The minimum absolute atomic E-state index is 0.285. The summed E-state index contributed by atoms with van der Waals surface area (Å²) in [4.78, 5) is 6.50. The third kappa shape index (κ3) is 3.37. The van der Waals surface area contributed by atoms with Crippen LogP contribution in [-0.2, 0) is 11.3 Å². The SMILES string of the molecule is CC1COCCN1C(N)=NCc1ccc(Cl)cc1. The summed E-state index contributed by atoms with van der Waals surface area (Å²) in [6, 6.07) is 7.93. The van der Waals surface area contributed by atoms with Crippen LogP contribution in [0.2, 0.25) is 5.02 Å². The molecule has 0 saturated carbocycles. The van der Waals surface area contributed by atoms with Crippen molar-refractivity contribution >= 4 is 17.6 Å². The van der Waals surface area contributed by atoms with Crippen LogP contribution >= 0.6 is 11.6 Å². The zero-order valence-corrected chi connectivity index (χ0v) is 11.2. The average Bonchev–Trinajstić information content (AvgIpc) is 2.38. The second kappa shape index (κ2) is 6.07. The number of benzene rings is 1. The van der Waals surface area contributed by atoms with Crippen molar-refractivity contribution in [2.45, 2.75) is 19.5 Å². The number of morpholine rings is 1. The number of nitrogens with two attached hydrogens (primary N) is 1. The Labute approximate surface area is 112 Å². The van der Waals surface area contributed by atoms with Gasteiger partial charge in [-0.2, -0.15) is 0 Å². The van der Waals surface area contributed by atoms with E-state index in [2.05, 4.69) is 16.8 Å². The summed E-state index contributed by atoms with van der Waals surface area (Å²) >= 11 is 5.83. The van der Waals surface area contributed by atoms with Crippen LogP contribution in [0.15, 0.2) is 29.3 Å². The van der Waals surface area contributed by atoms with Crippen molar-refractivity contribution in [2.24, 2.45) is 10.7 Å². The number of aliphatic imine (C=N–C) groups is 1. The highest BCUT2D eigenvalue weighted by molar-refractivity contribution is 6.30. The molecule has 0 aromatic heterocycles. The maximum absolute atomic E-state index is 6.01. The first-order valence-corrected chi connectivity index (χ1v) is 6.43. The molecule has 2 N–H and O–H groups in total. The summed E-state index contributed by atoms with van der Waals surface area (Å²) < 4.78 is 5.37. The van der Waals surface area contributed by atoms with Gasteiger partial charge >= 0.3 is 0 Å². The minimum Gasteiger partial charge on any atom is -0.377 e. The number of halogens is 1. The number of nitrogens with zero attached hydrogens (tertiary/aromatic N) is 2. The van der Waals surface area contributed by atoms with E-state index in [1.165, 1.54) is 0 Å². The van der Waals surface area contributed by atoms with E-state index in [0.29, 0.717) is 25.7 Å². The van der Waals surface area contributed by atoms with Gasteiger partial charge < -0.3 is 15.4 Å². The van der Waals surface area contributed by atoms with Crippen LogP contribution in [0.25, 0.3) is 0 Å². The Balaban J connectivity index is 1.97. The van der Waals surface area contributed by atoms with E-state index in [1.807, 2.05) is 24.3 Å². The molecule has 1 heterocycles. The monoisotopic (exact) mass is 267 g/mol. The van der Waals surface area contributed by atoms with Crippen molar-refractivity contribution in [3.8, 4) is 0 Å². The predicted molar refractivity (Wildman–Crippen MR) is 73.8 cm³/mol. The van der Waals surface area contributed by atoms with Crippen molar-refractivity contribution in [3.63, 3.8) is 0 Å². The van der Waals surface area contributed by atoms with Gasteiger partial charge in [-0.1, -0.05) is 23.7 Å². The number of hydrogen-bond acceptors (Lipinski definition) is 2. The first-order valence-electron chi connectivity index (χ1n) is 6.05. The lowest BCUT2D eigenvalue weighted by Gasteiger charge is -2.34. The molecule has 0 bridgehead atoms. The van der Waals surface area contributed by atoms with Gasteiger partial charge in [0.1, 0.15) is 0 Å². The molecule has 0 radical (unpaired) electrons. The summed E-state index contributed by atoms with van der Waals surface area (Å²) in [5.74, 6) is 0.584. The van der Waals surface area contributed by atoms with E-state index < -0.39 is 0 Å². The van der Waals surface area contributed by atoms with Gasteiger partial charge in [-0.05, 0) is 24.6 Å². The van der Waals surface area contributed by atoms with Crippen LogP contribution in [0.1, 0.15) is 12.5 Å². The number of guanidine groups is 1. The van der Waals surface area contributed by atoms with Gasteiger partial charge in [0.15, 0.2) is 5.96 Å². The summed E-state index contributed by atoms with van der Waals surface area (Å²) in [5, 5.41) is 0.734. The van der Waals surface area contributed by atoms with Gasteiger partial charge in [-0.15, -0.1) is 0 Å². The fourth-order valence-electron chi connectivity index (χ4n) is 1.92. The van der Waals surface area contributed by atoms with Crippen molar-refractivity contribution < 1.29 is 4.74 Å². The highest BCUT2D eigenvalue weighted by Crippen LogP contribution is 2.11. The molecule has 1 aromatic carbocycles. The van der Waals surface area contributed by atoms with Gasteiger partial charge in [0.2, 0.25) is 0 Å². The van der Waals surface area contributed by atoms with Gasteiger partial charge in [0.25, 0.3) is 0 Å². The first-order chi connectivity index (χ1) is 8.66. The summed E-state index contributed by atoms with van der Waals surface area (Å²) in [6.45, 7) is 4.88. The first kappa shape index (κ1) is 13.2. The van der Waals surface area contributed by atoms with Crippen LogP contribution in [-0.4, -0.2) is 36.7 Å². The largest absolute Gasteiger partial charge is 0.377 e. The fraction of sp³-hybridized carbons (Fsp3) is 0.462. The lowest BCUT2D eigenvalue weighted by Crippen LogP contribution is -2.50. The topological polar surface area (TPSA) is 50.9 Å². The van der Waals surface area contributed by atoms with Crippen LogP contribution in [0, 0.1) is 0 Å². The van der Waals surface area contributed by atoms with E-state index in [0.717, 1.165) is 17.1 Å². The molecule has 1 aliphatic rings. The van der Waals surface area contributed by atoms with Crippen LogP contribution in [0.4, 0.5) is 0 Å². The van der Waals surface area contributed by atoms with Gasteiger partial charge in [-0.3, -0.25) is 0 Å². The van der Waals surface area contributed by atoms with Gasteiger partial charge in [-0.25, -0.2) is 4.99 Å². The standard InChI is InChI=1S/C13H18ClN3O/c1-10-9-18-7-6-17(10)13(15)16-8-11-2-4-12(14)5-3-11/h2-5,10H,6-9H2,1H3,(H2,15,16). The van der Waals surface area contributed by atoms with Crippen LogP contribution < -0.4 is 5.73 Å². The normalized spacial score (nSPS) is 21.1. The third-order valence-electron chi connectivity index (χ3n) is 3.00. The van der Waals surface area contributed by atoms with Crippen LogP contribution in [0.3, 0.4) is 0 Å². The molecule has 98 valence electrons. The number of rotatable bonds is 2. The highest BCUT2D eigenvalue weighted by atomic mass is 35.5. The molecule has 2 rings (SSSR count). The Morgan fingerprint density at radius 2 is 2.22 bits per heavy atom. The highest BCUT2D eigenvalue weighted by Gasteiger charge is 2.19. The molecule has 1 atom stereocenters. The molecule has 1 unspecified atom stereocenters. The van der Waals surface area contributed by atoms with E-state index in [1.54, 1.807) is 0 Å². The Hall–Kier alpha value is -1.26. The Kier molecular flexibility index (Phi) is 4.44. The van der Waals surface area contributed by atoms with Crippen molar-refractivity contribution in [1.82, 2.24) is 4.90 Å². The van der Waals surface area contributed by atoms with Crippen molar-refractivity contribution in [3.05, 3.63) is 34.9 Å². The number of ether oxygens (including phenoxy) is 1. The molecule has 1 aromatic rings. The maximum atomic E-state index is 6.01. The van der Waals surface area contributed by atoms with Crippen molar-refractivity contribution in [1.29, 1.82) is 0 Å². The molecular formula is C13H18ClN3O. The summed E-state index contributed by atoms with van der Waals surface area (Å²) in [6.07, 6.45) is 0. The second-order valence-corrected chi connectivity index (χ2v) is 4.85. The molecule has 0 spiro atoms. The third-order valence-corrected chi connectivity index (χ3v) is 3.25. The Morgan fingerprint density at radius 3 is 2.89 bits per heavy atom. The number of hydrogen-bond donors (Lipinski definition) is 1. The lowest BCUT2D eigenvalue weighted by atomic mass is 10.2. The molecular weight excluding hydrogens is 250 g/mol. The van der Waals surface area contributed by atoms with E-state index in [4.69, 9.17) is 22.1 Å². The Morgan fingerprint density at radius 1 is 1.50 bits per heavy atom. The smallest absolute Gasteiger partial charge is 0.191 e. The van der Waals surface area contributed by atoms with Crippen molar-refractivity contribution in [2.75, 3.05) is 19.8 Å². The molecule has 1 saturated heterocycles. The zero-order valence-electron chi connectivity index (χ0n) is 10.5. The lowest BCUT2D eigenvalue weighted by molar-refractivity contribution is 0.0325. The molecule has 1 fully saturated rings. The molecule has 0 aliphatic carbocycles. The molecule has 18 heavy (non-hydrogen) atoms. The Bertz CT molecular complexity index is 419. The molecule has 1 aliphatic heterocycles. The summed E-state index contributed by atoms with van der Waals surface area (Å²) in [7, 11) is 0. The van der Waals surface area contributed by atoms with E-state index in [9.17, 15) is 0 Å². The molecule has 4 nitrogen and oxygen atoms in total. The van der Waals surface area contributed by atoms with E-state index in [-0.39, 0.29) is 6.04 Å².